The van der Waals surface area contributed by atoms with Crippen LogP contribution in [0.1, 0.15) is 17.3 Å². The van der Waals surface area contributed by atoms with Crippen LogP contribution in [-0.2, 0) is 10.0 Å². The Morgan fingerprint density at radius 3 is 2.36 bits per heavy atom. The first kappa shape index (κ1) is 18.6. The number of sulfonamides is 1. The Balaban J connectivity index is 2.31. The highest BCUT2D eigenvalue weighted by molar-refractivity contribution is 7.92. The van der Waals surface area contributed by atoms with Gasteiger partial charge in [-0.15, -0.1) is 0 Å². The van der Waals surface area contributed by atoms with E-state index in [1.54, 1.807) is 24.3 Å². The lowest BCUT2D eigenvalue weighted by atomic mass is 10.2. The van der Waals surface area contributed by atoms with E-state index in [2.05, 4.69) is 10.0 Å². The van der Waals surface area contributed by atoms with Gasteiger partial charge < -0.3 is 14.8 Å². The first-order valence-electron chi connectivity index (χ1n) is 7.57. The van der Waals surface area contributed by atoms with E-state index < -0.39 is 15.9 Å². The number of rotatable bonds is 7. The van der Waals surface area contributed by atoms with Crippen LogP contribution in [0, 0.1) is 0 Å². The molecule has 0 heterocycles. The topological polar surface area (TPSA) is 93.7 Å². The quantitative estimate of drug-likeness (QED) is 0.786. The number of methoxy groups -OCH3 is 1. The minimum absolute atomic E-state index is 0.0409. The second-order valence-corrected chi connectivity index (χ2v) is 6.69. The number of hydrogen-bond donors (Lipinski definition) is 2. The van der Waals surface area contributed by atoms with Crippen LogP contribution >= 0.6 is 0 Å². The summed E-state index contributed by atoms with van der Waals surface area (Å²) in [5.74, 6) is 0.506. The molecule has 0 spiro atoms. The van der Waals surface area contributed by atoms with E-state index in [0.29, 0.717) is 23.8 Å². The Morgan fingerprint density at radius 1 is 1.12 bits per heavy atom. The Bertz CT molecular complexity index is 848. The van der Waals surface area contributed by atoms with Crippen molar-refractivity contribution in [2.24, 2.45) is 0 Å². The molecule has 2 aromatic carbocycles. The molecule has 2 rings (SSSR count). The number of carbonyl (C=O) groups excluding carboxylic acids is 1. The summed E-state index contributed by atoms with van der Waals surface area (Å²) in [5, 5.41) is 2.45. The van der Waals surface area contributed by atoms with Gasteiger partial charge in [0, 0.05) is 12.7 Å². The first-order valence-corrected chi connectivity index (χ1v) is 9.05. The molecule has 1 amide bonds. The number of nitrogens with one attached hydrogen (secondary N) is 2. The van der Waals surface area contributed by atoms with Gasteiger partial charge >= 0.3 is 0 Å². The van der Waals surface area contributed by atoms with Gasteiger partial charge in [-0.25, -0.2) is 8.42 Å². The fraction of sp³-hybridized carbons (Fsp3) is 0.235. The highest BCUT2D eigenvalue weighted by Crippen LogP contribution is 2.24. The maximum Gasteiger partial charge on any atom is 0.261 e. The standard InChI is InChI=1S/C17H20N2O5S/c1-4-24-13-7-5-12(6-8-13)19-25(21,22)14-9-10-16(23-3)15(11-14)17(20)18-2/h5-11,19H,4H2,1-3H3,(H,18,20). The van der Waals surface area contributed by atoms with Crippen molar-refractivity contribution in [2.45, 2.75) is 11.8 Å². The predicted molar refractivity (Wildman–Crippen MR) is 94.8 cm³/mol. The fourth-order valence-corrected chi connectivity index (χ4v) is 3.25. The van der Waals surface area contributed by atoms with Gasteiger partial charge in [0.05, 0.1) is 24.2 Å². The van der Waals surface area contributed by atoms with Crippen LogP contribution in [0.25, 0.3) is 0 Å². The third-order valence-corrected chi connectivity index (χ3v) is 4.75. The van der Waals surface area contributed by atoms with Gasteiger partial charge in [-0.1, -0.05) is 0 Å². The van der Waals surface area contributed by atoms with Gasteiger partial charge in [0.25, 0.3) is 15.9 Å². The summed E-state index contributed by atoms with van der Waals surface area (Å²) in [6, 6.07) is 10.6. The van der Waals surface area contributed by atoms with E-state index in [-0.39, 0.29) is 10.5 Å². The van der Waals surface area contributed by atoms with E-state index in [0.717, 1.165) is 0 Å². The molecule has 0 saturated carbocycles. The van der Waals surface area contributed by atoms with Crippen molar-refractivity contribution >= 4 is 21.6 Å². The minimum Gasteiger partial charge on any atom is -0.496 e. The average Bonchev–Trinajstić information content (AvgIpc) is 2.62. The Morgan fingerprint density at radius 2 is 1.80 bits per heavy atom. The minimum atomic E-state index is -3.85. The van der Waals surface area contributed by atoms with E-state index >= 15 is 0 Å². The predicted octanol–water partition coefficient (Wildman–Crippen LogP) is 2.25. The van der Waals surface area contributed by atoms with Gasteiger partial charge in [0.15, 0.2) is 0 Å². The lowest BCUT2D eigenvalue weighted by Gasteiger charge is -2.12. The van der Waals surface area contributed by atoms with Gasteiger partial charge in [-0.2, -0.15) is 0 Å². The summed E-state index contributed by atoms with van der Waals surface area (Å²) in [4.78, 5) is 11.9. The van der Waals surface area contributed by atoms with Crippen LogP contribution in [-0.4, -0.2) is 35.1 Å². The van der Waals surface area contributed by atoms with Crippen molar-refractivity contribution in [1.82, 2.24) is 5.32 Å². The van der Waals surface area contributed by atoms with Crippen molar-refractivity contribution < 1.29 is 22.7 Å². The zero-order valence-electron chi connectivity index (χ0n) is 14.2. The first-order chi connectivity index (χ1) is 11.9. The van der Waals surface area contributed by atoms with Crippen LogP contribution in [0.4, 0.5) is 5.69 Å². The Labute approximate surface area is 147 Å². The maximum absolute atomic E-state index is 12.6. The van der Waals surface area contributed by atoms with Crippen molar-refractivity contribution in [3.05, 3.63) is 48.0 Å². The van der Waals surface area contributed by atoms with Gasteiger partial charge in [-0.05, 0) is 49.4 Å². The molecule has 25 heavy (non-hydrogen) atoms. The summed E-state index contributed by atoms with van der Waals surface area (Å²) < 4.78 is 38.0. The molecule has 2 N–H and O–H groups in total. The third kappa shape index (κ3) is 4.42. The molecule has 7 nitrogen and oxygen atoms in total. The molecule has 0 atom stereocenters. The van der Waals surface area contributed by atoms with E-state index in [1.165, 1.54) is 32.4 Å². The molecule has 0 radical (unpaired) electrons. The van der Waals surface area contributed by atoms with Crippen LogP contribution in [0.15, 0.2) is 47.4 Å². The Hall–Kier alpha value is -2.74. The SMILES string of the molecule is CCOc1ccc(NS(=O)(=O)c2ccc(OC)c(C(=O)NC)c2)cc1. The van der Waals surface area contributed by atoms with Crippen molar-refractivity contribution in [2.75, 3.05) is 25.5 Å². The summed E-state index contributed by atoms with van der Waals surface area (Å²) >= 11 is 0. The fourth-order valence-electron chi connectivity index (χ4n) is 2.17. The second-order valence-electron chi connectivity index (χ2n) is 5.00. The molecule has 2 aromatic rings. The van der Waals surface area contributed by atoms with Crippen molar-refractivity contribution in [1.29, 1.82) is 0 Å². The molecule has 0 aromatic heterocycles. The highest BCUT2D eigenvalue weighted by atomic mass is 32.2. The molecule has 0 bridgehead atoms. The van der Waals surface area contributed by atoms with E-state index in [1.807, 2.05) is 6.92 Å². The van der Waals surface area contributed by atoms with Gasteiger partial charge in [0.2, 0.25) is 0 Å². The molecule has 134 valence electrons. The number of carbonyl (C=O) groups is 1. The van der Waals surface area contributed by atoms with Gasteiger partial charge in [-0.3, -0.25) is 9.52 Å². The van der Waals surface area contributed by atoms with Crippen LogP contribution in [0.2, 0.25) is 0 Å². The van der Waals surface area contributed by atoms with Crippen LogP contribution in [0.5, 0.6) is 11.5 Å². The lowest BCUT2D eigenvalue weighted by molar-refractivity contribution is 0.0960. The van der Waals surface area contributed by atoms with Crippen molar-refractivity contribution in [3.8, 4) is 11.5 Å². The summed E-state index contributed by atoms with van der Waals surface area (Å²) in [6.45, 7) is 2.39. The molecule has 0 unspecified atom stereocenters. The number of hydrogen-bond acceptors (Lipinski definition) is 5. The normalized spacial score (nSPS) is 10.8. The lowest BCUT2D eigenvalue weighted by Crippen LogP contribution is -2.20. The van der Waals surface area contributed by atoms with Crippen LogP contribution in [0.3, 0.4) is 0 Å². The summed E-state index contributed by atoms with van der Waals surface area (Å²) in [6.07, 6.45) is 0. The van der Waals surface area contributed by atoms with E-state index in [9.17, 15) is 13.2 Å². The monoisotopic (exact) mass is 364 g/mol. The maximum atomic E-state index is 12.6. The molecule has 0 saturated heterocycles. The third-order valence-electron chi connectivity index (χ3n) is 3.37. The molecule has 0 aliphatic carbocycles. The highest BCUT2D eigenvalue weighted by Gasteiger charge is 2.19. The molecule has 0 aliphatic rings. The molecule has 0 fully saturated rings. The second kappa shape index (κ2) is 7.89. The number of anilines is 1. The van der Waals surface area contributed by atoms with E-state index in [4.69, 9.17) is 9.47 Å². The van der Waals surface area contributed by atoms with Crippen LogP contribution < -0.4 is 19.5 Å². The molecular weight excluding hydrogens is 344 g/mol. The number of ether oxygens (including phenoxy) is 2. The zero-order valence-corrected chi connectivity index (χ0v) is 15.0. The summed E-state index contributed by atoms with van der Waals surface area (Å²) in [7, 11) is -0.984. The number of amides is 1. The number of benzene rings is 2. The van der Waals surface area contributed by atoms with Crippen molar-refractivity contribution in [3.63, 3.8) is 0 Å². The van der Waals surface area contributed by atoms with Gasteiger partial charge in [0.1, 0.15) is 11.5 Å². The summed E-state index contributed by atoms with van der Waals surface area (Å²) in [5.41, 5.74) is 0.528. The smallest absolute Gasteiger partial charge is 0.261 e. The zero-order chi connectivity index (χ0) is 18.4. The average molecular weight is 364 g/mol. The molecule has 0 aliphatic heterocycles. The largest absolute Gasteiger partial charge is 0.496 e. The Kier molecular flexibility index (Phi) is 5.87. The molecule has 8 heteroatoms. The molecular formula is C17H20N2O5S.